The molecule has 1 N–H and O–H groups in total. The van der Waals surface area contributed by atoms with Crippen LogP contribution < -0.4 is 5.43 Å². The number of azo groups is 1. The summed E-state index contributed by atoms with van der Waals surface area (Å²) in [5.41, 5.74) is 2.50. The molecule has 0 aliphatic rings. The molecule has 0 aliphatic heterocycles. The van der Waals surface area contributed by atoms with Gasteiger partial charge in [-0.3, -0.25) is 5.43 Å². The highest BCUT2D eigenvalue weighted by Crippen LogP contribution is 2.29. The number of halogens is 4. The third kappa shape index (κ3) is 5.17. The van der Waals surface area contributed by atoms with Gasteiger partial charge in [0.1, 0.15) is 6.07 Å². The predicted molar refractivity (Wildman–Crippen MR) is 86.8 cm³/mol. The summed E-state index contributed by atoms with van der Waals surface area (Å²) in [5.74, 6) is -0.266. The number of anilines is 1. The van der Waals surface area contributed by atoms with Gasteiger partial charge >= 0.3 is 6.18 Å². The lowest BCUT2D eigenvalue weighted by atomic mass is 10.2. The van der Waals surface area contributed by atoms with Crippen molar-refractivity contribution in [2.24, 2.45) is 15.3 Å². The van der Waals surface area contributed by atoms with Crippen LogP contribution in [0.2, 0.25) is 0 Å². The molecule has 5 nitrogen and oxygen atoms in total. The minimum absolute atomic E-state index is 0.266. The number of nitrogens with zero attached hydrogens (tertiary/aromatic N) is 4. The van der Waals surface area contributed by atoms with Crippen molar-refractivity contribution in [3.63, 3.8) is 0 Å². The second kappa shape index (κ2) is 7.70. The molecular weight excluding hydrogens is 387 g/mol. The molecule has 24 heavy (non-hydrogen) atoms. The number of nitrogens with one attached hydrogen (secondary N) is 1. The minimum atomic E-state index is -4.40. The third-order valence-corrected chi connectivity index (χ3v) is 3.22. The summed E-state index contributed by atoms with van der Waals surface area (Å²) in [6, 6.07) is 12.8. The predicted octanol–water partition coefficient (Wildman–Crippen LogP) is 5.50. The maximum atomic E-state index is 12.5. The maximum absolute atomic E-state index is 12.5. The molecule has 0 fully saturated rings. The van der Waals surface area contributed by atoms with E-state index in [0.29, 0.717) is 5.69 Å². The number of rotatable bonds is 3. The van der Waals surface area contributed by atoms with E-state index in [4.69, 9.17) is 5.26 Å². The van der Waals surface area contributed by atoms with Crippen LogP contribution in [0.15, 0.2) is 68.3 Å². The molecule has 0 atom stereocenters. The molecule has 2 aromatic rings. The number of hydrazone groups is 1. The van der Waals surface area contributed by atoms with Gasteiger partial charge in [0, 0.05) is 4.47 Å². The van der Waals surface area contributed by atoms with Crippen LogP contribution in [-0.2, 0) is 6.18 Å². The second-order valence-electron chi connectivity index (χ2n) is 4.41. The Hall–Kier alpha value is -2.73. The average molecular weight is 396 g/mol. The zero-order chi connectivity index (χ0) is 17.6. The van der Waals surface area contributed by atoms with Crippen LogP contribution in [-0.4, -0.2) is 5.84 Å². The Kier molecular flexibility index (Phi) is 5.65. The van der Waals surface area contributed by atoms with Gasteiger partial charge in [0.25, 0.3) is 5.84 Å². The Morgan fingerprint density at radius 1 is 1.04 bits per heavy atom. The zero-order valence-corrected chi connectivity index (χ0v) is 13.5. The fourth-order valence-corrected chi connectivity index (χ4v) is 1.80. The highest BCUT2D eigenvalue weighted by molar-refractivity contribution is 9.10. The van der Waals surface area contributed by atoms with Crippen molar-refractivity contribution in [3.05, 3.63) is 58.6 Å². The van der Waals surface area contributed by atoms with Crippen molar-refractivity contribution < 1.29 is 13.2 Å². The first-order valence-corrected chi connectivity index (χ1v) is 7.26. The van der Waals surface area contributed by atoms with Crippen LogP contribution in [0.3, 0.4) is 0 Å². The summed E-state index contributed by atoms with van der Waals surface area (Å²) in [6.45, 7) is 0. The van der Waals surface area contributed by atoms with Crippen molar-refractivity contribution in [3.8, 4) is 6.07 Å². The normalized spacial score (nSPS) is 12.2. The topological polar surface area (TPSA) is 72.9 Å². The first-order chi connectivity index (χ1) is 11.4. The van der Waals surface area contributed by atoms with Gasteiger partial charge in [-0.2, -0.15) is 18.4 Å². The van der Waals surface area contributed by atoms with E-state index in [1.54, 1.807) is 30.3 Å². The number of nitriles is 1. The molecule has 0 saturated heterocycles. The fourth-order valence-electron chi connectivity index (χ4n) is 1.53. The van der Waals surface area contributed by atoms with Gasteiger partial charge in [0.2, 0.25) is 0 Å². The van der Waals surface area contributed by atoms with E-state index in [-0.39, 0.29) is 11.5 Å². The van der Waals surface area contributed by atoms with E-state index in [9.17, 15) is 13.2 Å². The van der Waals surface area contributed by atoms with Gasteiger partial charge < -0.3 is 0 Å². The highest BCUT2D eigenvalue weighted by Gasteiger charge is 2.29. The Balaban J connectivity index is 2.05. The van der Waals surface area contributed by atoms with E-state index in [0.717, 1.165) is 16.6 Å². The molecule has 0 aromatic heterocycles. The van der Waals surface area contributed by atoms with Crippen LogP contribution in [0.5, 0.6) is 0 Å². The molecule has 0 radical (unpaired) electrons. The van der Waals surface area contributed by atoms with Gasteiger partial charge in [-0.1, -0.05) is 15.9 Å². The first-order valence-electron chi connectivity index (χ1n) is 6.47. The van der Waals surface area contributed by atoms with E-state index in [2.05, 4.69) is 36.7 Å². The maximum Gasteiger partial charge on any atom is 0.416 e. The summed E-state index contributed by atoms with van der Waals surface area (Å²) in [5, 5.41) is 20.1. The van der Waals surface area contributed by atoms with Crippen LogP contribution in [0, 0.1) is 11.3 Å². The first kappa shape index (κ1) is 17.6. The van der Waals surface area contributed by atoms with Crippen LogP contribution in [0.25, 0.3) is 0 Å². The van der Waals surface area contributed by atoms with Crippen LogP contribution in [0.4, 0.5) is 24.5 Å². The van der Waals surface area contributed by atoms with E-state index >= 15 is 0 Å². The minimum Gasteiger partial charge on any atom is -0.276 e. The number of alkyl halides is 3. The lowest BCUT2D eigenvalue weighted by Gasteiger charge is -2.06. The largest absolute Gasteiger partial charge is 0.416 e. The van der Waals surface area contributed by atoms with Gasteiger partial charge in [0.05, 0.1) is 16.9 Å². The Morgan fingerprint density at radius 3 is 2.21 bits per heavy atom. The molecule has 0 spiro atoms. The molecule has 0 saturated carbocycles. The van der Waals surface area contributed by atoms with E-state index in [1.807, 2.05) is 0 Å². The lowest BCUT2D eigenvalue weighted by Crippen LogP contribution is -2.04. The highest BCUT2D eigenvalue weighted by atomic mass is 79.9. The molecular formula is C15H9BrF3N5. The van der Waals surface area contributed by atoms with Crippen LogP contribution >= 0.6 is 15.9 Å². The molecule has 0 bridgehead atoms. The van der Waals surface area contributed by atoms with Crippen molar-refractivity contribution in [1.29, 1.82) is 5.26 Å². The van der Waals surface area contributed by atoms with Gasteiger partial charge in [-0.15, -0.1) is 15.3 Å². The molecule has 0 heterocycles. The molecule has 9 heteroatoms. The van der Waals surface area contributed by atoms with Crippen molar-refractivity contribution >= 4 is 33.1 Å². The zero-order valence-electron chi connectivity index (χ0n) is 11.9. The fraction of sp³-hybridized carbons (Fsp3) is 0.0667. The van der Waals surface area contributed by atoms with Crippen molar-refractivity contribution in [2.75, 3.05) is 5.43 Å². The summed E-state index contributed by atoms with van der Waals surface area (Å²) in [4.78, 5) is 0. The molecule has 122 valence electrons. The standard InChI is InChI=1S/C15H9BrF3N5/c16-11-3-7-13(8-4-11)22-24-14(9-20)23-21-12-5-1-10(2-6-12)15(17,18)19/h1-8,21H. The Labute approximate surface area is 143 Å². The summed E-state index contributed by atoms with van der Waals surface area (Å²) >= 11 is 3.28. The van der Waals surface area contributed by atoms with Crippen molar-refractivity contribution in [1.82, 2.24) is 0 Å². The van der Waals surface area contributed by atoms with Crippen LogP contribution in [0.1, 0.15) is 5.56 Å². The Bertz CT molecular complexity index is 790. The molecule has 2 rings (SSSR count). The van der Waals surface area contributed by atoms with Gasteiger partial charge in [-0.25, -0.2) is 0 Å². The lowest BCUT2D eigenvalue weighted by molar-refractivity contribution is -0.137. The summed E-state index contributed by atoms with van der Waals surface area (Å²) in [6.07, 6.45) is -4.40. The molecule has 0 aliphatic carbocycles. The second-order valence-corrected chi connectivity index (χ2v) is 5.33. The molecule has 0 unspecified atom stereocenters. The quantitative estimate of drug-likeness (QED) is 0.322. The Morgan fingerprint density at radius 2 is 1.67 bits per heavy atom. The van der Waals surface area contributed by atoms with Gasteiger partial charge in [0.15, 0.2) is 0 Å². The smallest absolute Gasteiger partial charge is 0.276 e. The number of hydrogen-bond donors (Lipinski definition) is 1. The number of hydrogen-bond acceptors (Lipinski definition) is 4. The summed E-state index contributed by atoms with van der Waals surface area (Å²) in [7, 11) is 0. The SMILES string of the molecule is N#CC(N=Nc1ccc(Br)cc1)=NNc1ccc(C(F)(F)F)cc1. The third-order valence-electron chi connectivity index (χ3n) is 2.69. The molecule has 0 amide bonds. The van der Waals surface area contributed by atoms with Crippen molar-refractivity contribution in [2.45, 2.75) is 6.18 Å². The average Bonchev–Trinajstić information content (AvgIpc) is 2.56. The van der Waals surface area contributed by atoms with E-state index < -0.39 is 11.7 Å². The van der Waals surface area contributed by atoms with Gasteiger partial charge in [-0.05, 0) is 48.5 Å². The summed E-state index contributed by atoms with van der Waals surface area (Å²) < 4.78 is 38.2. The van der Waals surface area contributed by atoms with E-state index in [1.165, 1.54) is 12.1 Å². The number of amidine groups is 1. The monoisotopic (exact) mass is 395 g/mol. The molecule has 2 aromatic carbocycles. The number of benzene rings is 2.